The highest BCUT2D eigenvalue weighted by Crippen LogP contribution is 2.16. The van der Waals surface area contributed by atoms with Crippen LogP contribution < -0.4 is 0 Å². The van der Waals surface area contributed by atoms with Crippen molar-refractivity contribution in [1.82, 2.24) is 9.97 Å². The van der Waals surface area contributed by atoms with Crippen molar-refractivity contribution in [3.05, 3.63) is 42.2 Å². The van der Waals surface area contributed by atoms with Gasteiger partial charge >= 0.3 is 0 Å². The summed E-state index contributed by atoms with van der Waals surface area (Å²) < 4.78 is 0. The summed E-state index contributed by atoms with van der Waals surface area (Å²) in [7, 11) is 0. The molecular formula is C11H7N3O. The van der Waals surface area contributed by atoms with E-state index in [9.17, 15) is 0 Å². The molecule has 4 heteroatoms. The summed E-state index contributed by atoms with van der Waals surface area (Å²) in [5.74, 6) is 0.107. The predicted molar refractivity (Wildman–Crippen MR) is 53.8 cm³/mol. The molecule has 0 aliphatic rings. The number of aromatic hydroxyl groups is 1. The van der Waals surface area contributed by atoms with Gasteiger partial charge in [-0.05, 0) is 24.3 Å². The predicted octanol–water partition coefficient (Wildman–Crippen LogP) is 1.72. The number of hydrogen-bond donors (Lipinski definition) is 1. The Morgan fingerprint density at radius 1 is 1.13 bits per heavy atom. The molecule has 0 spiro atoms. The lowest BCUT2D eigenvalue weighted by molar-refractivity contribution is 0.473. The van der Waals surface area contributed by atoms with E-state index in [1.165, 1.54) is 12.3 Å². The zero-order valence-electron chi connectivity index (χ0n) is 7.75. The first-order valence-corrected chi connectivity index (χ1v) is 4.32. The minimum absolute atomic E-state index is 0.107. The van der Waals surface area contributed by atoms with E-state index in [-0.39, 0.29) is 5.75 Å². The van der Waals surface area contributed by atoms with Crippen molar-refractivity contribution in [2.75, 3.05) is 0 Å². The molecule has 0 fully saturated rings. The molecule has 72 valence electrons. The van der Waals surface area contributed by atoms with Crippen molar-refractivity contribution < 1.29 is 5.11 Å². The first-order valence-electron chi connectivity index (χ1n) is 4.32. The molecule has 0 unspecified atom stereocenters. The molecule has 1 N–H and O–H groups in total. The zero-order chi connectivity index (χ0) is 10.7. The fourth-order valence-electron chi connectivity index (χ4n) is 1.18. The maximum absolute atomic E-state index is 9.07. The summed E-state index contributed by atoms with van der Waals surface area (Å²) in [4.78, 5) is 8.09. The fraction of sp³-hybridized carbons (Fsp3) is 0. The van der Waals surface area contributed by atoms with Crippen LogP contribution in [0.2, 0.25) is 0 Å². The first-order chi connectivity index (χ1) is 7.29. The van der Waals surface area contributed by atoms with E-state index >= 15 is 0 Å². The second-order valence-corrected chi connectivity index (χ2v) is 2.92. The second kappa shape index (κ2) is 3.76. The van der Waals surface area contributed by atoms with Gasteiger partial charge in [0.05, 0.1) is 17.6 Å². The van der Waals surface area contributed by atoms with Crippen molar-refractivity contribution in [1.29, 1.82) is 5.26 Å². The molecule has 2 heterocycles. The minimum atomic E-state index is 0.107. The average Bonchev–Trinajstić information content (AvgIpc) is 2.30. The van der Waals surface area contributed by atoms with E-state index in [0.29, 0.717) is 17.1 Å². The Morgan fingerprint density at radius 2 is 2.00 bits per heavy atom. The Bertz CT molecular complexity index is 514. The Morgan fingerprint density at radius 3 is 2.67 bits per heavy atom. The molecule has 0 aliphatic carbocycles. The molecular weight excluding hydrogens is 190 g/mol. The Hall–Kier alpha value is -2.41. The van der Waals surface area contributed by atoms with Crippen LogP contribution in [0.4, 0.5) is 0 Å². The topological polar surface area (TPSA) is 69.8 Å². The Balaban J connectivity index is 2.46. The van der Waals surface area contributed by atoms with Gasteiger partial charge in [0.2, 0.25) is 0 Å². The standard InChI is InChI=1S/C11H7N3O/c12-6-8-2-1-3-11(14-8)10-5-4-9(15)7-13-10/h1-5,7,15H. The fourth-order valence-corrected chi connectivity index (χ4v) is 1.18. The van der Waals surface area contributed by atoms with E-state index in [2.05, 4.69) is 9.97 Å². The van der Waals surface area contributed by atoms with Gasteiger partial charge in [-0.15, -0.1) is 0 Å². The molecule has 2 aromatic heterocycles. The molecule has 2 rings (SSSR count). The maximum Gasteiger partial charge on any atom is 0.141 e. The van der Waals surface area contributed by atoms with Gasteiger partial charge in [0.25, 0.3) is 0 Å². The Labute approximate surface area is 86.5 Å². The van der Waals surface area contributed by atoms with Gasteiger partial charge in [0.15, 0.2) is 0 Å². The number of nitrogens with zero attached hydrogens (tertiary/aromatic N) is 3. The molecule has 0 aliphatic heterocycles. The van der Waals surface area contributed by atoms with Crippen molar-refractivity contribution >= 4 is 0 Å². The maximum atomic E-state index is 9.07. The highest BCUT2D eigenvalue weighted by Gasteiger charge is 2.01. The van der Waals surface area contributed by atoms with Gasteiger partial charge in [0, 0.05) is 0 Å². The van der Waals surface area contributed by atoms with E-state index in [0.717, 1.165) is 0 Å². The van der Waals surface area contributed by atoms with Crippen LogP contribution in [0.15, 0.2) is 36.5 Å². The van der Waals surface area contributed by atoms with E-state index in [1.54, 1.807) is 24.3 Å². The van der Waals surface area contributed by atoms with Gasteiger partial charge in [-0.1, -0.05) is 6.07 Å². The number of hydrogen-bond acceptors (Lipinski definition) is 4. The number of nitriles is 1. The highest BCUT2D eigenvalue weighted by molar-refractivity contribution is 5.55. The molecule has 15 heavy (non-hydrogen) atoms. The Kier molecular flexibility index (Phi) is 2.30. The number of pyridine rings is 2. The summed E-state index contributed by atoms with van der Waals surface area (Å²) in [6.07, 6.45) is 1.34. The smallest absolute Gasteiger partial charge is 0.141 e. The van der Waals surface area contributed by atoms with Crippen LogP contribution in [0.1, 0.15) is 5.69 Å². The molecule has 0 radical (unpaired) electrons. The molecule has 4 nitrogen and oxygen atoms in total. The van der Waals surface area contributed by atoms with Crippen molar-refractivity contribution in [3.63, 3.8) is 0 Å². The summed E-state index contributed by atoms with van der Waals surface area (Å²) in [6.45, 7) is 0. The third-order valence-corrected chi connectivity index (χ3v) is 1.87. The second-order valence-electron chi connectivity index (χ2n) is 2.92. The highest BCUT2D eigenvalue weighted by atomic mass is 16.3. The van der Waals surface area contributed by atoms with Gasteiger partial charge < -0.3 is 5.11 Å². The summed E-state index contributed by atoms with van der Waals surface area (Å²) in [5.41, 5.74) is 1.60. The molecule has 2 aromatic rings. The van der Waals surface area contributed by atoms with Crippen molar-refractivity contribution in [3.8, 4) is 23.2 Å². The molecule has 0 amide bonds. The third-order valence-electron chi connectivity index (χ3n) is 1.87. The largest absolute Gasteiger partial charge is 0.506 e. The molecule has 0 bridgehead atoms. The number of aromatic nitrogens is 2. The van der Waals surface area contributed by atoms with Crippen LogP contribution in [0.5, 0.6) is 5.75 Å². The van der Waals surface area contributed by atoms with E-state index < -0.39 is 0 Å². The first kappa shape index (κ1) is 9.16. The van der Waals surface area contributed by atoms with Crippen LogP contribution in [0.3, 0.4) is 0 Å². The van der Waals surface area contributed by atoms with Gasteiger partial charge in [-0.2, -0.15) is 5.26 Å². The van der Waals surface area contributed by atoms with Crippen molar-refractivity contribution in [2.24, 2.45) is 0 Å². The minimum Gasteiger partial charge on any atom is -0.506 e. The monoisotopic (exact) mass is 197 g/mol. The average molecular weight is 197 g/mol. The summed E-state index contributed by atoms with van der Waals surface area (Å²) in [6, 6.07) is 10.3. The summed E-state index contributed by atoms with van der Waals surface area (Å²) in [5, 5.41) is 17.7. The van der Waals surface area contributed by atoms with Gasteiger partial charge in [0.1, 0.15) is 17.5 Å². The lowest BCUT2D eigenvalue weighted by Gasteiger charge is -1.99. The van der Waals surface area contributed by atoms with Gasteiger partial charge in [-0.3, -0.25) is 4.98 Å². The molecule has 0 atom stereocenters. The van der Waals surface area contributed by atoms with Crippen LogP contribution in [-0.4, -0.2) is 15.1 Å². The molecule has 0 aromatic carbocycles. The van der Waals surface area contributed by atoms with Crippen LogP contribution >= 0.6 is 0 Å². The lowest BCUT2D eigenvalue weighted by atomic mass is 10.2. The van der Waals surface area contributed by atoms with E-state index in [4.69, 9.17) is 10.4 Å². The van der Waals surface area contributed by atoms with Gasteiger partial charge in [-0.25, -0.2) is 4.98 Å². The third kappa shape index (κ3) is 1.92. The van der Waals surface area contributed by atoms with Crippen LogP contribution in [0, 0.1) is 11.3 Å². The normalized spacial score (nSPS) is 9.53. The SMILES string of the molecule is N#Cc1cccc(-c2ccc(O)cn2)n1. The van der Waals surface area contributed by atoms with E-state index in [1.807, 2.05) is 6.07 Å². The molecule has 0 saturated carbocycles. The van der Waals surface area contributed by atoms with Crippen LogP contribution in [0.25, 0.3) is 11.4 Å². The number of rotatable bonds is 1. The lowest BCUT2D eigenvalue weighted by Crippen LogP contribution is -1.89. The summed E-state index contributed by atoms with van der Waals surface area (Å²) >= 11 is 0. The molecule has 0 saturated heterocycles. The van der Waals surface area contributed by atoms with Crippen molar-refractivity contribution in [2.45, 2.75) is 0 Å². The quantitative estimate of drug-likeness (QED) is 0.755. The zero-order valence-corrected chi connectivity index (χ0v) is 7.75. The van der Waals surface area contributed by atoms with Crippen LogP contribution in [-0.2, 0) is 0 Å².